The number of carbonyl (C=O) groups is 2. The second kappa shape index (κ2) is 7.59. The number of rotatable bonds is 5. The van der Waals surface area contributed by atoms with E-state index in [4.69, 9.17) is 4.74 Å². The van der Waals surface area contributed by atoms with Crippen LogP contribution in [-0.4, -0.2) is 22.9 Å². The van der Waals surface area contributed by atoms with E-state index < -0.39 is 24.3 Å². The highest BCUT2D eigenvalue weighted by Gasteiger charge is 2.30. The molecule has 0 saturated carbocycles. The molecule has 1 aromatic heterocycles. The zero-order valence-electron chi connectivity index (χ0n) is 14.6. The number of Topliss-reactive ketones (excluding diaryl/α,β-unsaturated/α-hetero) is 1. The molecular formula is C19H18F3NO3. The van der Waals surface area contributed by atoms with Gasteiger partial charge in [0.25, 0.3) is 0 Å². The van der Waals surface area contributed by atoms with Gasteiger partial charge in [-0.15, -0.1) is 0 Å². The predicted molar refractivity (Wildman–Crippen MR) is 90.7 cm³/mol. The normalized spacial score (nSPS) is 11.8. The van der Waals surface area contributed by atoms with Crippen LogP contribution in [0.3, 0.4) is 0 Å². The van der Waals surface area contributed by atoms with Gasteiger partial charge in [-0.1, -0.05) is 12.1 Å². The van der Waals surface area contributed by atoms with Crippen LogP contribution < -0.4 is 0 Å². The zero-order chi connectivity index (χ0) is 19.5. The number of ether oxygens (including phenoxy) is 1. The summed E-state index contributed by atoms with van der Waals surface area (Å²) in [6, 6.07) is 6.26. The second-order valence-electron chi connectivity index (χ2n) is 5.83. The van der Waals surface area contributed by atoms with E-state index in [0.717, 1.165) is 29.6 Å². The lowest BCUT2D eigenvalue weighted by Crippen LogP contribution is -2.13. The van der Waals surface area contributed by atoms with E-state index >= 15 is 0 Å². The molecule has 0 spiro atoms. The van der Waals surface area contributed by atoms with Gasteiger partial charge in [-0.05, 0) is 43.7 Å². The maximum Gasteiger partial charge on any atom is 0.416 e. The average Bonchev–Trinajstić information content (AvgIpc) is 2.85. The predicted octanol–water partition coefficient (Wildman–Crippen LogP) is 4.10. The third-order valence-corrected chi connectivity index (χ3v) is 4.05. The van der Waals surface area contributed by atoms with Crippen molar-refractivity contribution in [1.29, 1.82) is 0 Å². The van der Waals surface area contributed by atoms with Gasteiger partial charge in [0.1, 0.15) is 0 Å². The highest BCUT2D eigenvalue weighted by atomic mass is 19.4. The van der Waals surface area contributed by atoms with Crippen LogP contribution in [0.5, 0.6) is 0 Å². The molecule has 0 aliphatic rings. The molecule has 0 bridgehead atoms. The SMILES string of the molecule is Cc1cc(C(=O)COC(=O)/C=C/c2cccc(C(F)(F)F)c2)c(C)n1C. The fraction of sp³-hybridized carbons (Fsp3) is 0.263. The molecule has 1 aromatic carbocycles. The topological polar surface area (TPSA) is 48.3 Å². The van der Waals surface area contributed by atoms with Gasteiger partial charge in [0, 0.05) is 30.1 Å². The Balaban J connectivity index is 1.97. The number of nitrogens with zero attached hydrogens (tertiary/aromatic N) is 1. The Morgan fingerprint density at radius 3 is 2.46 bits per heavy atom. The van der Waals surface area contributed by atoms with Gasteiger partial charge < -0.3 is 9.30 Å². The van der Waals surface area contributed by atoms with E-state index in [1.165, 1.54) is 18.2 Å². The number of halogens is 3. The molecule has 0 amide bonds. The maximum absolute atomic E-state index is 12.6. The number of hydrogen-bond acceptors (Lipinski definition) is 3. The summed E-state index contributed by atoms with van der Waals surface area (Å²) in [5.74, 6) is -1.15. The lowest BCUT2D eigenvalue weighted by molar-refractivity contribution is -0.138. The van der Waals surface area contributed by atoms with E-state index in [1.807, 2.05) is 18.5 Å². The van der Waals surface area contributed by atoms with E-state index in [-0.39, 0.29) is 11.3 Å². The van der Waals surface area contributed by atoms with Crippen molar-refractivity contribution < 1.29 is 27.5 Å². The molecule has 0 radical (unpaired) electrons. The van der Waals surface area contributed by atoms with Crippen molar-refractivity contribution in [3.05, 3.63) is 64.5 Å². The van der Waals surface area contributed by atoms with E-state index in [2.05, 4.69) is 0 Å². The number of aromatic nitrogens is 1. The molecular weight excluding hydrogens is 347 g/mol. The Hall–Kier alpha value is -2.83. The van der Waals surface area contributed by atoms with Crippen molar-refractivity contribution in [2.24, 2.45) is 7.05 Å². The molecule has 2 aromatic rings. The molecule has 26 heavy (non-hydrogen) atoms. The number of ketones is 1. The third kappa shape index (κ3) is 4.62. The van der Waals surface area contributed by atoms with Gasteiger partial charge in [-0.2, -0.15) is 13.2 Å². The summed E-state index contributed by atoms with van der Waals surface area (Å²) in [5.41, 5.74) is 1.54. The Morgan fingerprint density at radius 1 is 1.19 bits per heavy atom. The van der Waals surface area contributed by atoms with Gasteiger partial charge in [0.15, 0.2) is 6.61 Å². The van der Waals surface area contributed by atoms with Crippen LogP contribution in [0.2, 0.25) is 0 Å². The van der Waals surface area contributed by atoms with Crippen LogP contribution in [0.1, 0.15) is 32.9 Å². The standard InChI is InChI=1S/C19H18F3NO3/c1-12-9-16(13(2)23(12)3)17(24)11-26-18(25)8-7-14-5-4-6-15(10-14)19(20,21)22/h4-10H,11H2,1-3H3/b8-7+. The van der Waals surface area contributed by atoms with Crippen LogP contribution in [0.25, 0.3) is 6.08 Å². The van der Waals surface area contributed by atoms with Crippen LogP contribution in [0, 0.1) is 13.8 Å². The summed E-state index contributed by atoms with van der Waals surface area (Å²) in [7, 11) is 1.82. The fourth-order valence-corrected chi connectivity index (χ4v) is 2.38. The largest absolute Gasteiger partial charge is 0.454 e. The zero-order valence-corrected chi connectivity index (χ0v) is 14.6. The summed E-state index contributed by atoms with van der Waals surface area (Å²) >= 11 is 0. The van der Waals surface area contributed by atoms with E-state index in [1.54, 1.807) is 13.0 Å². The van der Waals surface area contributed by atoms with Crippen molar-refractivity contribution >= 4 is 17.8 Å². The van der Waals surface area contributed by atoms with Gasteiger partial charge >= 0.3 is 12.1 Å². The molecule has 7 heteroatoms. The summed E-state index contributed by atoms with van der Waals surface area (Å²) in [4.78, 5) is 23.8. The van der Waals surface area contributed by atoms with Crippen LogP contribution in [0.4, 0.5) is 13.2 Å². The molecule has 0 N–H and O–H groups in total. The number of hydrogen-bond donors (Lipinski definition) is 0. The van der Waals surface area contributed by atoms with Crippen molar-refractivity contribution in [1.82, 2.24) is 4.57 Å². The number of carbonyl (C=O) groups excluding carboxylic acids is 2. The quantitative estimate of drug-likeness (QED) is 0.455. The minimum Gasteiger partial charge on any atom is -0.454 e. The first-order valence-corrected chi connectivity index (χ1v) is 7.78. The number of benzene rings is 1. The highest BCUT2D eigenvalue weighted by Crippen LogP contribution is 2.29. The smallest absolute Gasteiger partial charge is 0.416 e. The van der Waals surface area contributed by atoms with Crippen LogP contribution in [-0.2, 0) is 22.8 Å². The van der Waals surface area contributed by atoms with Gasteiger partial charge in [-0.25, -0.2) is 4.79 Å². The van der Waals surface area contributed by atoms with Crippen molar-refractivity contribution in [2.45, 2.75) is 20.0 Å². The van der Waals surface area contributed by atoms with Crippen LogP contribution >= 0.6 is 0 Å². The Kier molecular flexibility index (Phi) is 5.69. The molecule has 0 unspecified atom stereocenters. The Morgan fingerprint density at radius 2 is 1.88 bits per heavy atom. The Labute approximate surface area is 148 Å². The highest BCUT2D eigenvalue weighted by molar-refractivity contribution is 6.00. The summed E-state index contributed by atoms with van der Waals surface area (Å²) in [5, 5.41) is 0. The first-order valence-electron chi connectivity index (χ1n) is 7.78. The minimum absolute atomic E-state index is 0.206. The molecule has 0 atom stereocenters. The third-order valence-electron chi connectivity index (χ3n) is 4.05. The molecule has 1 heterocycles. The maximum atomic E-state index is 12.6. The molecule has 138 valence electrons. The molecule has 0 aliphatic heterocycles. The Bertz CT molecular complexity index is 863. The number of alkyl halides is 3. The summed E-state index contributed by atoms with van der Waals surface area (Å²) in [6.45, 7) is 3.21. The fourth-order valence-electron chi connectivity index (χ4n) is 2.38. The molecule has 2 rings (SSSR count). The number of aryl methyl sites for hydroxylation is 1. The number of esters is 1. The molecule has 0 fully saturated rings. The van der Waals surface area contributed by atoms with E-state index in [9.17, 15) is 22.8 Å². The first-order chi connectivity index (χ1) is 12.1. The van der Waals surface area contributed by atoms with Gasteiger partial charge in [-0.3, -0.25) is 4.79 Å². The van der Waals surface area contributed by atoms with Crippen molar-refractivity contribution in [3.63, 3.8) is 0 Å². The lowest BCUT2D eigenvalue weighted by Gasteiger charge is -2.06. The van der Waals surface area contributed by atoms with E-state index in [0.29, 0.717) is 5.56 Å². The van der Waals surface area contributed by atoms with Gasteiger partial charge in [0.2, 0.25) is 5.78 Å². The van der Waals surface area contributed by atoms with Crippen molar-refractivity contribution in [2.75, 3.05) is 6.61 Å². The average molecular weight is 365 g/mol. The molecule has 0 aliphatic carbocycles. The summed E-state index contributed by atoms with van der Waals surface area (Å²) in [6.07, 6.45) is -2.26. The minimum atomic E-state index is -4.46. The first kappa shape index (κ1) is 19.5. The van der Waals surface area contributed by atoms with Crippen LogP contribution in [0.15, 0.2) is 36.4 Å². The monoisotopic (exact) mass is 365 g/mol. The second-order valence-corrected chi connectivity index (χ2v) is 5.83. The lowest BCUT2D eigenvalue weighted by atomic mass is 10.1. The van der Waals surface area contributed by atoms with Gasteiger partial charge in [0.05, 0.1) is 5.56 Å². The molecule has 4 nitrogen and oxygen atoms in total. The van der Waals surface area contributed by atoms with Crippen molar-refractivity contribution in [3.8, 4) is 0 Å². The molecule has 0 saturated heterocycles. The summed E-state index contributed by atoms with van der Waals surface area (Å²) < 4.78 is 44.7.